The highest BCUT2D eigenvalue weighted by Gasteiger charge is 2.23. The molecule has 0 fully saturated rings. The predicted octanol–water partition coefficient (Wildman–Crippen LogP) is 6.47. The SMILES string of the molecule is C=C/C=C/CNC(=O)c1c(OC(C=NC)=C(C)C)cc(=O)n(C)c1Nc1ccc(C)cc1F.CC.CC. The van der Waals surface area contributed by atoms with E-state index in [4.69, 9.17) is 4.74 Å². The molecule has 8 heteroatoms. The number of aromatic nitrogens is 1. The van der Waals surface area contributed by atoms with E-state index in [9.17, 15) is 14.0 Å². The molecule has 0 spiro atoms. The largest absolute Gasteiger partial charge is 0.455 e. The zero-order valence-corrected chi connectivity index (χ0v) is 23.5. The first-order valence-electron chi connectivity index (χ1n) is 12.3. The summed E-state index contributed by atoms with van der Waals surface area (Å²) in [5.41, 5.74) is 1.26. The second kappa shape index (κ2) is 17.5. The highest BCUT2D eigenvalue weighted by Crippen LogP contribution is 2.30. The van der Waals surface area contributed by atoms with E-state index < -0.39 is 17.3 Å². The van der Waals surface area contributed by atoms with Gasteiger partial charge in [0.15, 0.2) is 0 Å². The number of benzene rings is 1. The highest BCUT2D eigenvalue weighted by atomic mass is 19.1. The smallest absolute Gasteiger partial charge is 0.259 e. The van der Waals surface area contributed by atoms with E-state index in [0.29, 0.717) is 5.76 Å². The Morgan fingerprint density at radius 3 is 2.38 bits per heavy atom. The van der Waals surface area contributed by atoms with E-state index in [0.717, 1.165) is 11.1 Å². The second-order valence-corrected chi connectivity index (χ2v) is 7.47. The average Bonchev–Trinajstić information content (AvgIpc) is 2.88. The number of nitrogens with one attached hydrogen (secondary N) is 2. The van der Waals surface area contributed by atoms with Crippen LogP contribution < -0.4 is 20.9 Å². The van der Waals surface area contributed by atoms with Crippen LogP contribution in [-0.2, 0) is 7.05 Å². The molecule has 1 heterocycles. The van der Waals surface area contributed by atoms with Crippen molar-refractivity contribution in [3.8, 4) is 5.75 Å². The maximum absolute atomic E-state index is 14.6. The number of aliphatic imine (C=N–C) groups is 1. The lowest BCUT2D eigenvalue weighted by atomic mass is 10.1. The Morgan fingerprint density at radius 2 is 1.84 bits per heavy atom. The molecule has 0 saturated heterocycles. The number of nitrogens with zero attached hydrogens (tertiary/aromatic N) is 2. The fraction of sp³-hybridized carbons (Fsp3) is 0.345. The van der Waals surface area contributed by atoms with Gasteiger partial charge in [-0.15, -0.1) is 0 Å². The van der Waals surface area contributed by atoms with Crippen LogP contribution in [0.3, 0.4) is 0 Å². The van der Waals surface area contributed by atoms with Crippen LogP contribution in [0, 0.1) is 12.7 Å². The van der Waals surface area contributed by atoms with Gasteiger partial charge in [-0.3, -0.25) is 19.1 Å². The topological polar surface area (TPSA) is 84.7 Å². The number of halogens is 1. The van der Waals surface area contributed by atoms with Crippen LogP contribution in [0.1, 0.15) is 57.5 Å². The number of amides is 1. The van der Waals surface area contributed by atoms with Crippen LogP contribution in [-0.4, -0.2) is 30.3 Å². The summed E-state index contributed by atoms with van der Waals surface area (Å²) in [7, 11) is 3.08. The molecular weight excluding hydrogens is 471 g/mol. The minimum atomic E-state index is -0.517. The lowest BCUT2D eigenvalue weighted by molar-refractivity contribution is 0.0955. The van der Waals surface area contributed by atoms with Gasteiger partial charge in [-0.2, -0.15) is 0 Å². The number of rotatable bonds is 9. The number of ether oxygens (including phenoxy) is 1. The van der Waals surface area contributed by atoms with E-state index in [1.165, 1.54) is 30.0 Å². The molecule has 1 aromatic carbocycles. The molecule has 7 nitrogen and oxygen atoms in total. The third kappa shape index (κ3) is 9.91. The summed E-state index contributed by atoms with van der Waals surface area (Å²) in [6.45, 7) is 17.2. The van der Waals surface area contributed by atoms with Gasteiger partial charge in [-0.1, -0.05) is 58.6 Å². The molecule has 2 aromatic rings. The number of carbonyl (C=O) groups is 1. The third-order valence-corrected chi connectivity index (χ3v) is 4.62. The Labute approximate surface area is 220 Å². The van der Waals surface area contributed by atoms with Crippen molar-refractivity contribution < 1.29 is 13.9 Å². The van der Waals surface area contributed by atoms with E-state index in [1.54, 1.807) is 44.3 Å². The summed E-state index contributed by atoms with van der Waals surface area (Å²) < 4.78 is 21.8. The lowest BCUT2D eigenvalue weighted by Gasteiger charge is -2.20. The van der Waals surface area contributed by atoms with E-state index in [-0.39, 0.29) is 29.4 Å². The summed E-state index contributed by atoms with van der Waals surface area (Å²) in [4.78, 5) is 29.9. The molecule has 0 bridgehead atoms. The maximum Gasteiger partial charge on any atom is 0.259 e. The van der Waals surface area contributed by atoms with Crippen LogP contribution in [0.5, 0.6) is 5.75 Å². The van der Waals surface area contributed by atoms with Gasteiger partial charge in [0.25, 0.3) is 11.5 Å². The minimum absolute atomic E-state index is 0.0226. The highest BCUT2D eigenvalue weighted by molar-refractivity contribution is 6.02. The zero-order chi connectivity index (χ0) is 28.5. The van der Waals surface area contributed by atoms with Crippen molar-refractivity contribution in [1.29, 1.82) is 0 Å². The molecule has 0 aliphatic rings. The normalized spacial score (nSPS) is 10.1. The Morgan fingerprint density at radius 1 is 1.19 bits per heavy atom. The number of anilines is 2. The van der Waals surface area contributed by atoms with Gasteiger partial charge in [0.2, 0.25) is 0 Å². The van der Waals surface area contributed by atoms with Crippen LogP contribution in [0.15, 0.2) is 70.2 Å². The van der Waals surface area contributed by atoms with Gasteiger partial charge < -0.3 is 15.4 Å². The fourth-order valence-electron chi connectivity index (χ4n) is 2.87. The molecule has 2 N–H and O–H groups in total. The monoisotopic (exact) mass is 512 g/mol. The molecule has 0 aliphatic heterocycles. The van der Waals surface area contributed by atoms with Gasteiger partial charge in [-0.25, -0.2) is 4.39 Å². The van der Waals surface area contributed by atoms with E-state index >= 15 is 0 Å². The van der Waals surface area contributed by atoms with Crippen molar-refractivity contribution in [3.05, 3.63) is 87.7 Å². The first kappa shape index (κ1) is 33.1. The number of pyridine rings is 1. The molecular formula is C29H41FN4O3. The fourth-order valence-corrected chi connectivity index (χ4v) is 2.87. The van der Waals surface area contributed by atoms with Crippen molar-refractivity contribution in [2.75, 3.05) is 18.9 Å². The van der Waals surface area contributed by atoms with Crippen molar-refractivity contribution in [1.82, 2.24) is 9.88 Å². The Kier molecular flexibility index (Phi) is 15.6. The standard InChI is InChI=1S/C25H29FN4O3.2C2H6/c1-7-8-9-12-28-25(32)23-20(33-21(15-27-5)16(2)3)14-22(31)30(6)24(23)29-19-11-10-17(4)13-18(19)26;2*1-2/h7-11,13-15,29H,1,12H2,2-6H3,(H,28,32);2*1-2H3/b9-8+,27-15?;;. The number of aryl methyl sites for hydroxylation is 1. The van der Waals surface area contributed by atoms with Crippen LogP contribution in [0.2, 0.25) is 0 Å². The molecule has 0 unspecified atom stereocenters. The van der Waals surface area contributed by atoms with Gasteiger partial charge in [0.05, 0.1) is 11.9 Å². The van der Waals surface area contributed by atoms with Crippen molar-refractivity contribution >= 4 is 23.6 Å². The van der Waals surface area contributed by atoms with Gasteiger partial charge >= 0.3 is 0 Å². The van der Waals surface area contributed by atoms with E-state index in [2.05, 4.69) is 22.2 Å². The maximum atomic E-state index is 14.6. The van der Waals surface area contributed by atoms with Crippen LogP contribution in [0.25, 0.3) is 0 Å². The minimum Gasteiger partial charge on any atom is -0.455 e. The van der Waals surface area contributed by atoms with Gasteiger partial charge in [-0.05, 0) is 44.0 Å². The van der Waals surface area contributed by atoms with Gasteiger partial charge in [0, 0.05) is 26.7 Å². The quantitative estimate of drug-likeness (QED) is 0.229. The molecule has 1 amide bonds. The number of hydrogen-bond acceptors (Lipinski definition) is 5. The number of carbonyl (C=O) groups excluding carboxylic acids is 1. The van der Waals surface area contributed by atoms with Crippen molar-refractivity contribution in [3.63, 3.8) is 0 Å². The van der Waals surface area contributed by atoms with Crippen LogP contribution >= 0.6 is 0 Å². The predicted molar refractivity (Wildman–Crippen MR) is 154 cm³/mol. The van der Waals surface area contributed by atoms with E-state index in [1.807, 2.05) is 41.5 Å². The summed E-state index contributed by atoms with van der Waals surface area (Å²) in [5, 5.41) is 5.65. The molecule has 0 saturated carbocycles. The molecule has 1 aromatic heterocycles. The number of hydrogen-bond donors (Lipinski definition) is 2. The third-order valence-electron chi connectivity index (χ3n) is 4.62. The zero-order valence-electron chi connectivity index (χ0n) is 23.5. The molecule has 37 heavy (non-hydrogen) atoms. The molecule has 0 radical (unpaired) electrons. The second-order valence-electron chi connectivity index (χ2n) is 7.47. The Balaban J connectivity index is 0.00000308. The van der Waals surface area contributed by atoms with Crippen molar-refractivity contribution in [2.45, 2.75) is 48.5 Å². The summed E-state index contributed by atoms with van der Waals surface area (Å²) in [6, 6.07) is 5.85. The lowest BCUT2D eigenvalue weighted by Crippen LogP contribution is -2.29. The molecule has 0 atom stereocenters. The first-order valence-corrected chi connectivity index (χ1v) is 12.3. The number of allylic oxidation sites excluding steroid dienone is 4. The van der Waals surface area contributed by atoms with Crippen LogP contribution in [0.4, 0.5) is 15.9 Å². The molecule has 202 valence electrons. The molecule has 2 rings (SSSR count). The summed E-state index contributed by atoms with van der Waals surface area (Å²) in [5.74, 6) is -0.525. The van der Waals surface area contributed by atoms with Crippen molar-refractivity contribution in [2.24, 2.45) is 12.0 Å². The summed E-state index contributed by atoms with van der Waals surface area (Å²) in [6.07, 6.45) is 6.49. The summed E-state index contributed by atoms with van der Waals surface area (Å²) >= 11 is 0. The first-order chi connectivity index (χ1) is 17.7. The average molecular weight is 513 g/mol. The Hall–Kier alpha value is -3.94. The molecule has 0 aliphatic carbocycles. The Bertz CT molecular complexity index is 1190. The van der Waals surface area contributed by atoms with Gasteiger partial charge in [0.1, 0.15) is 28.7 Å².